The molecule has 0 unspecified atom stereocenters. The van der Waals surface area contributed by atoms with Gasteiger partial charge in [-0.15, -0.1) is 6.58 Å². The summed E-state index contributed by atoms with van der Waals surface area (Å²) in [6.45, 7) is 8.09. The average Bonchev–Trinajstić information content (AvgIpc) is 2.29. The van der Waals surface area contributed by atoms with E-state index in [1.807, 2.05) is 12.1 Å². The van der Waals surface area contributed by atoms with Gasteiger partial charge in [0.05, 0.1) is 4.90 Å². The van der Waals surface area contributed by atoms with Crippen molar-refractivity contribution in [3.63, 3.8) is 0 Å². The van der Waals surface area contributed by atoms with Crippen LogP contribution in [0, 0.1) is 0 Å². The molecule has 0 fully saturated rings. The average molecular weight is 253 g/mol. The van der Waals surface area contributed by atoms with Gasteiger partial charge in [-0.05, 0) is 30.0 Å². The normalized spacial score (nSPS) is 11.7. The van der Waals surface area contributed by atoms with Gasteiger partial charge in [0.25, 0.3) is 0 Å². The predicted octanol–water partition coefficient (Wildman–Crippen LogP) is 2.66. The fourth-order valence-corrected chi connectivity index (χ4v) is 2.46. The van der Waals surface area contributed by atoms with Crippen LogP contribution in [0.25, 0.3) is 0 Å². The third-order valence-corrected chi connectivity index (χ3v) is 3.97. The quantitative estimate of drug-likeness (QED) is 0.626. The van der Waals surface area contributed by atoms with Crippen molar-refractivity contribution in [1.82, 2.24) is 4.72 Å². The van der Waals surface area contributed by atoms with Gasteiger partial charge >= 0.3 is 0 Å². The first-order valence-electron chi connectivity index (χ1n) is 5.68. The maximum Gasteiger partial charge on any atom is 0.240 e. The molecule has 0 saturated carbocycles. The lowest BCUT2D eigenvalue weighted by atomic mass is 10.0. The highest BCUT2D eigenvalue weighted by atomic mass is 32.2. The van der Waals surface area contributed by atoms with Crippen molar-refractivity contribution in [3.8, 4) is 0 Å². The molecule has 0 aliphatic rings. The molecule has 17 heavy (non-hydrogen) atoms. The molecule has 0 radical (unpaired) electrons. The van der Waals surface area contributed by atoms with Gasteiger partial charge in [0.1, 0.15) is 0 Å². The monoisotopic (exact) mass is 253 g/mol. The first kappa shape index (κ1) is 13.9. The molecule has 1 aromatic carbocycles. The number of hydrogen-bond donors (Lipinski definition) is 1. The molecule has 4 heteroatoms. The second kappa shape index (κ2) is 5.98. The standard InChI is InChI=1S/C13H19NO2S/c1-4-5-10-14-17(15,16)13-8-6-12(7-9-13)11(2)3/h4,6-9,11,14H,1,5,10H2,2-3H3. The summed E-state index contributed by atoms with van der Waals surface area (Å²) in [5.74, 6) is 0.403. The van der Waals surface area contributed by atoms with Gasteiger partial charge < -0.3 is 0 Å². The minimum atomic E-state index is -3.37. The first-order chi connectivity index (χ1) is 7.97. The number of sulfonamides is 1. The van der Waals surface area contributed by atoms with Crippen LogP contribution in [-0.2, 0) is 10.0 Å². The number of nitrogens with one attached hydrogen (secondary N) is 1. The van der Waals surface area contributed by atoms with Crippen LogP contribution in [0.15, 0.2) is 41.8 Å². The van der Waals surface area contributed by atoms with Crippen molar-refractivity contribution in [1.29, 1.82) is 0 Å². The van der Waals surface area contributed by atoms with Crippen LogP contribution < -0.4 is 4.72 Å². The zero-order chi connectivity index (χ0) is 12.9. The van der Waals surface area contributed by atoms with E-state index in [-0.39, 0.29) is 0 Å². The van der Waals surface area contributed by atoms with Crippen LogP contribution in [-0.4, -0.2) is 15.0 Å². The van der Waals surface area contributed by atoms with Gasteiger partial charge in [0.2, 0.25) is 10.0 Å². The highest BCUT2D eigenvalue weighted by Gasteiger charge is 2.12. The molecule has 0 aliphatic carbocycles. The third-order valence-electron chi connectivity index (χ3n) is 2.50. The lowest BCUT2D eigenvalue weighted by Gasteiger charge is -2.08. The summed E-state index contributed by atoms with van der Waals surface area (Å²) in [6, 6.07) is 7.00. The van der Waals surface area contributed by atoms with Crippen LogP contribution in [0.5, 0.6) is 0 Å². The Kier molecular flexibility index (Phi) is 4.90. The molecular weight excluding hydrogens is 234 g/mol. The largest absolute Gasteiger partial charge is 0.240 e. The molecule has 0 heterocycles. The molecule has 0 atom stereocenters. The minimum absolute atomic E-state index is 0.311. The summed E-state index contributed by atoms with van der Waals surface area (Å²) in [5, 5.41) is 0. The minimum Gasteiger partial charge on any atom is -0.211 e. The Morgan fingerprint density at radius 1 is 1.29 bits per heavy atom. The van der Waals surface area contributed by atoms with Crippen LogP contribution >= 0.6 is 0 Å². The van der Waals surface area contributed by atoms with Crippen molar-refractivity contribution in [2.45, 2.75) is 31.1 Å². The number of benzene rings is 1. The molecule has 0 amide bonds. The van der Waals surface area contributed by atoms with Crippen LogP contribution in [0.3, 0.4) is 0 Å². The molecule has 1 N–H and O–H groups in total. The SMILES string of the molecule is C=CCCNS(=O)(=O)c1ccc(C(C)C)cc1. The van der Waals surface area contributed by atoms with E-state index >= 15 is 0 Å². The van der Waals surface area contributed by atoms with E-state index in [4.69, 9.17) is 0 Å². The van der Waals surface area contributed by atoms with E-state index in [0.29, 0.717) is 23.8 Å². The van der Waals surface area contributed by atoms with Gasteiger partial charge in [-0.1, -0.05) is 32.1 Å². The zero-order valence-corrected chi connectivity index (χ0v) is 11.1. The molecule has 1 aromatic rings. The summed E-state index contributed by atoms with van der Waals surface area (Å²) >= 11 is 0. The lowest BCUT2D eigenvalue weighted by molar-refractivity contribution is 0.582. The summed E-state index contributed by atoms with van der Waals surface area (Å²) < 4.78 is 26.2. The van der Waals surface area contributed by atoms with Crippen LogP contribution in [0.2, 0.25) is 0 Å². The van der Waals surface area contributed by atoms with Crippen molar-refractivity contribution in [2.24, 2.45) is 0 Å². The molecule has 0 bridgehead atoms. The first-order valence-corrected chi connectivity index (χ1v) is 7.16. The van der Waals surface area contributed by atoms with Crippen molar-refractivity contribution >= 4 is 10.0 Å². The summed E-state index contributed by atoms with van der Waals surface area (Å²) in [5.41, 5.74) is 1.13. The van der Waals surface area contributed by atoms with Crippen molar-refractivity contribution in [3.05, 3.63) is 42.5 Å². The number of rotatable bonds is 6. The van der Waals surface area contributed by atoms with E-state index in [0.717, 1.165) is 5.56 Å². The molecule has 0 spiro atoms. The van der Waals surface area contributed by atoms with E-state index in [1.54, 1.807) is 18.2 Å². The van der Waals surface area contributed by atoms with E-state index in [2.05, 4.69) is 25.1 Å². The highest BCUT2D eigenvalue weighted by molar-refractivity contribution is 7.89. The Morgan fingerprint density at radius 3 is 2.35 bits per heavy atom. The Bertz CT molecular complexity index is 461. The number of hydrogen-bond acceptors (Lipinski definition) is 2. The fourth-order valence-electron chi connectivity index (χ4n) is 1.41. The molecule has 1 rings (SSSR count). The van der Waals surface area contributed by atoms with E-state index < -0.39 is 10.0 Å². The second-order valence-electron chi connectivity index (χ2n) is 4.20. The maximum absolute atomic E-state index is 11.8. The second-order valence-corrected chi connectivity index (χ2v) is 5.97. The van der Waals surface area contributed by atoms with Crippen molar-refractivity contribution < 1.29 is 8.42 Å². The fraction of sp³-hybridized carbons (Fsp3) is 0.385. The summed E-state index contributed by atoms with van der Waals surface area (Å²) in [7, 11) is -3.37. The molecule has 3 nitrogen and oxygen atoms in total. The van der Waals surface area contributed by atoms with Gasteiger partial charge in [0.15, 0.2) is 0 Å². The van der Waals surface area contributed by atoms with Gasteiger partial charge in [-0.2, -0.15) is 0 Å². The highest BCUT2D eigenvalue weighted by Crippen LogP contribution is 2.17. The van der Waals surface area contributed by atoms with Gasteiger partial charge in [0, 0.05) is 6.54 Å². The van der Waals surface area contributed by atoms with Crippen molar-refractivity contribution in [2.75, 3.05) is 6.54 Å². The van der Waals surface area contributed by atoms with Gasteiger partial charge in [-0.25, -0.2) is 13.1 Å². The molecule has 0 saturated heterocycles. The Balaban J connectivity index is 2.81. The molecule has 94 valence electrons. The molecule has 0 aromatic heterocycles. The Labute approximate surface area is 104 Å². The van der Waals surface area contributed by atoms with Crippen LogP contribution in [0.1, 0.15) is 31.7 Å². The Hall–Kier alpha value is -1.13. The maximum atomic E-state index is 11.8. The smallest absolute Gasteiger partial charge is 0.211 e. The van der Waals surface area contributed by atoms with Gasteiger partial charge in [-0.3, -0.25) is 0 Å². The lowest BCUT2D eigenvalue weighted by Crippen LogP contribution is -2.24. The van der Waals surface area contributed by atoms with Crippen LogP contribution in [0.4, 0.5) is 0 Å². The van der Waals surface area contributed by atoms with E-state index in [1.165, 1.54) is 0 Å². The summed E-state index contributed by atoms with van der Waals surface area (Å²) in [4.78, 5) is 0.311. The third kappa shape index (κ3) is 3.98. The molecule has 0 aliphatic heterocycles. The zero-order valence-electron chi connectivity index (χ0n) is 10.3. The summed E-state index contributed by atoms with van der Waals surface area (Å²) in [6.07, 6.45) is 2.31. The molecular formula is C13H19NO2S. The van der Waals surface area contributed by atoms with E-state index in [9.17, 15) is 8.42 Å². The predicted molar refractivity (Wildman–Crippen MR) is 70.5 cm³/mol. The Morgan fingerprint density at radius 2 is 1.88 bits per heavy atom. The topological polar surface area (TPSA) is 46.2 Å².